The van der Waals surface area contributed by atoms with Crippen LogP contribution in [0.3, 0.4) is 0 Å². The van der Waals surface area contributed by atoms with Gasteiger partial charge in [-0.25, -0.2) is 4.98 Å². The Morgan fingerprint density at radius 1 is 1.46 bits per heavy atom. The molecule has 24 heavy (non-hydrogen) atoms. The maximum absolute atomic E-state index is 12.9. The molecule has 1 aromatic heterocycles. The molecule has 2 saturated heterocycles. The van der Waals surface area contributed by atoms with Crippen LogP contribution in [0.5, 0.6) is 0 Å². The van der Waals surface area contributed by atoms with Crippen LogP contribution in [0.25, 0.3) is 0 Å². The van der Waals surface area contributed by atoms with Crippen molar-refractivity contribution in [2.45, 2.75) is 45.6 Å². The molecule has 0 saturated carbocycles. The molecule has 0 aliphatic carbocycles. The first-order valence-electron chi connectivity index (χ1n) is 9.17. The number of hydrogen-bond donors (Lipinski definition) is 1. The van der Waals surface area contributed by atoms with E-state index in [9.17, 15) is 4.79 Å². The first kappa shape index (κ1) is 17.8. The van der Waals surface area contributed by atoms with Gasteiger partial charge < -0.3 is 15.0 Å². The molecule has 1 N–H and O–H groups in total. The van der Waals surface area contributed by atoms with E-state index in [1.165, 1.54) is 17.7 Å². The Labute approximate surface area is 148 Å². The van der Waals surface area contributed by atoms with Crippen molar-refractivity contribution >= 4 is 17.2 Å². The number of aryl methyl sites for hydroxylation is 1. The second-order valence-corrected chi connectivity index (χ2v) is 8.06. The number of amides is 1. The SMILES string of the molecule is Cc1ncsc1CN(CC1CCNC1)C(=O)CCC1CCCOC1. The van der Waals surface area contributed by atoms with Gasteiger partial charge in [-0.2, -0.15) is 0 Å². The summed E-state index contributed by atoms with van der Waals surface area (Å²) in [6.07, 6.45) is 5.11. The molecule has 0 radical (unpaired) electrons. The third-order valence-corrected chi connectivity index (χ3v) is 6.11. The third kappa shape index (κ3) is 5.01. The summed E-state index contributed by atoms with van der Waals surface area (Å²) in [5.74, 6) is 1.43. The molecule has 5 nitrogen and oxygen atoms in total. The van der Waals surface area contributed by atoms with Gasteiger partial charge in [-0.3, -0.25) is 4.79 Å². The fraction of sp³-hybridized carbons (Fsp3) is 0.778. The Bertz CT molecular complexity index is 522. The van der Waals surface area contributed by atoms with Crippen molar-refractivity contribution in [3.8, 4) is 0 Å². The number of ether oxygens (including phenoxy) is 1. The molecule has 0 aromatic carbocycles. The molecule has 2 aliphatic rings. The van der Waals surface area contributed by atoms with Crippen molar-refractivity contribution in [3.05, 3.63) is 16.1 Å². The highest BCUT2D eigenvalue weighted by atomic mass is 32.1. The summed E-state index contributed by atoms with van der Waals surface area (Å²) in [4.78, 5) is 20.5. The van der Waals surface area contributed by atoms with Gasteiger partial charge >= 0.3 is 0 Å². The van der Waals surface area contributed by atoms with Gasteiger partial charge in [0.1, 0.15) is 0 Å². The van der Waals surface area contributed by atoms with Gasteiger partial charge in [-0.05, 0) is 57.5 Å². The molecule has 3 heterocycles. The molecule has 2 atom stereocenters. The van der Waals surface area contributed by atoms with Crippen molar-refractivity contribution in [2.75, 3.05) is 32.8 Å². The van der Waals surface area contributed by atoms with Crippen molar-refractivity contribution in [1.82, 2.24) is 15.2 Å². The minimum absolute atomic E-state index is 0.292. The van der Waals surface area contributed by atoms with E-state index in [-0.39, 0.29) is 0 Å². The molecule has 2 unspecified atom stereocenters. The first-order valence-corrected chi connectivity index (χ1v) is 10.1. The summed E-state index contributed by atoms with van der Waals surface area (Å²) in [6, 6.07) is 0. The zero-order valence-corrected chi connectivity index (χ0v) is 15.4. The van der Waals surface area contributed by atoms with Crippen LogP contribution < -0.4 is 5.32 Å². The lowest BCUT2D eigenvalue weighted by molar-refractivity contribution is -0.132. The number of nitrogens with one attached hydrogen (secondary N) is 1. The molecule has 6 heteroatoms. The maximum Gasteiger partial charge on any atom is 0.222 e. The zero-order chi connectivity index (χ0) is 16.8. The fourth-order valence-corrected chi connectivity index (χ4v) is 4.40. The molecule has 1 aromatic rings. The fourth-order valence-electron chi connectivity index (χ4n) is 3.61. The number of hydrogen-bond acceptors (Lipinski definition) is 5. The molecular formula is C18H29N3O2S. The lowest BCUT2D eigenvalue weighted by Crippen LogP contribution is -2.36. The molecule has 0 bridgehead atoms. The van der Waals surface area contributed by atoms with Crippen molar-refractivity contribution in [2.24, 2.45) is 11.8 Å². The summed E-state index contributed by atoms with van der Waals surface area (Å²) < 4.78 is 5.54. The van der Waals surface area contributed by atoms with Gasteiger partial charge in [0, 0.05) is 31.1 Å². The largest absolute Gasteiger partial charge is 0.381 e. The van der Waals surface area contributed by atoms with Crippen molar-refractivity contribution in [1.29, 1.82) is 0 Å². The van der Waals surface area contributed by atoms with Crippen LogP contribution in [0.1, 0.15) is 42.7 Å². The van der Waals surface area contributed by atoms with Gasteiger partial charge in [0.25, 0.3) is 0 Å². The van der Waals surface area contributed by atoms with E-state index in [0.717, 1.165) is 51.4 Å². The highest BCUT2D eigenvalue weighted by molar-refractivity contribution is 7.09. The highest BCUT2D eigenvalue weighted by Gasteiger charge is 2.24. The monoisotopic (exact) mass is 351 g/mol. The number of aromatic nitrogens is 1. The third-order valence-electron chi connectivity index (χ3n) is 5.19. The topological polar surface area (TPSA) is 54.5 Å². The summed E-state index contributed by atoms with van der Waals surface area (Å²) in [5, 5.41) is 3.41. The predicted octanol–water partition coefficient (Wildman–Crippen LogP) is 2.60. The number of thiazole rings is 1. The van der Waals surface area contributed by atoms with Gasteiger partial charge in [0.2, 0.25) is 5.91 Å². The van der Waals surface area contributed by atoms with E-state index >= 15 is 0 Å². The average Bonchev–Trinajstić information content (AvgIpc) is 3.25. The first-order chi connectivity index (χ1) is 11.7. The van der Waals surface area contributed by atoms with Gasteiger partial charge in [-0.1, -0.05) is 0 Å². The van der Waals surface area contributed by atoms with Crippen LogP contribution in [0.15, 0.2) is 5.51 Å². The van der Waals surface area contributed by atoms with Crippen LogP contribution in [-0.2, 0) is 16.1 Å². The second kappa shape index (κ2) is 8.92. The van der Waals surface area contributed by atoms with Crippen LogP contribution in [-0.4, -0.2) is 48.6 Å². The molecule has 3 rings (SSSR count). The number of carbonyl (C=O) groups is 1. The van der Waals surface area contributed by atoms with E-state index < -0.39 is 0 Å². The number of rotatable bonds is 7. The summed E-state index contributed by atoms with van der Waals surface area (Å²) >= 11 is 1.66. The standard InChI is InChI=1S/C18H29N3O2S/c1-14-17(24-13-20-14)11-21(10-16-6-7-19-9-16)18(22)5-4-15-3-2-8-23-12-15/h13,15-16,19H,2-12H2,1H3. The van der Waals surface area contributed by atoms with Crippen LogP contribution in [0, 0.1) is 18.8 Å². The Hall–Kier alpha value is -0.980. The number of nitrogens with zero attached hydrogens (tertiary/aromatic N) is 2. The van der Waals surface area contributed by atoms with E-state index in [2.05, 4.69) is 15.2 Å². The van der Waals surface area contributed by atoms with E-state index in [1.54, 1.807) is 11.3 Å². The Morgan fingerprint density at radius 2 is 2.38 bits per heavy atom. The molecule has 0 spiro atoms. The van der Waals surface area contributed by atoms with Gasteiger partial charge in [-0.15, -0.1) is 11.3 Å². The summed E-state index contributed by atoms with van der Waals surface area (Å²) in [5.41, 5.74) is 2.94. The van der Waals surface area contributed by atoms with E-state index in [1.807, 2.05) is 12.4 Å². The molecular weight excluding hydrogens is 322 g/mol. The molecule has 1 amide bonds. The van der Waals surface area contributed by atoms with Crippen LogP contribution >= 0.6 is 11.3 Å². The minimum Gasteiger partial charge on any atom is -0.381 e. The molecule has 134 valence electrons. The lowest BCUT2D eigenvalue weighted by atomic mass is 9.96. The van der Waals surface area contributed by atoms with Crippen molar-refractivity contribution in [3.63, 3.8) is 0 Å². The second-order valence-electron chi connectivity index (χ2n) is 7.12. The smallest absolute Gasteiger partial charge is 0.222 e. The van der Waals surface area contributed by atoms with E-state index in [4.69, 9.17) is 4.74 Å². The minimum atomic E-state index is 0.292. The lowest BCUT2D eigenvalue weighted by Gasteiger charge is -2.27. The van der Waals surface area contributed by atoms with Crippen LogP contribution in [0.4, 0.5) is 0 Å². The zero-order valence-electron chi connectivity index (χ0n) is 14.6. The average molecular weight is 352 g/mol. The maximum atomic E-state index is 12.9. The Kier molecular flexibility index (Phi) is 6.63. The summed E-state index contributed by atoms with van der Waals surface area (Å²) in [6.45, 7) is 7.43. The highest BCUT2D eigenvalue weighted by Crippen LogP contribution is 2.22. The van der Waals surface area contributed by atoms with Crippen molar-refractivity contribution < 1.29 is 9.53 Å². The predicted molar refractivity (Wildman–Crippen MR) is 96.0 cm³/mol. The quantitative estimate of drug-likeness (QED) is 0.820. The van der Waals surface area contributed by atoms with Gasteiger partial charge in [0.05, 0.1) is 17.7 Å². The molecule has 2 aliphatic heterocycles. The Balaban J connectivity index is 1.56. The Morgan fingerprint density at radius 3 is 3.04 bits per heavy atom. The number of carbonyl (C=O) groups excluding carboxylic acids is 1. The summed E-state index contributed by atoms with van der Waals surface area (Å²) in [7, 11) is 0. The van der Waals surface area contributed by atoms with E-state index in [0.29, 0.717) is 30.7 Å². The molecule has 2 fully saturated rings. The van der Waals surface area contributed by atoms with Crippen LogP contribution in [0.2, 0.25) is 0 Å². The van der Waals surface area contributed by atoms with Gasteiger partial charge in [0.15, 0.2) is 0 Å². The normalized spacial score (nSPS) is 24.2.